The molecular formula is C6H13NO3. The number of piperidine rings is 1. The molecular weight excluding hydrogens is 134 g/mol. The molecule has 1 aliphatic heterocycles. The summed E-state index contributed by atoms with van der Waals surface area (Å²) in [5.74, 6) is 0.0819. The Kier molecular flexibility index (Phi) is 2.62. The van der Waals surface area contributed by atoms with Crippen LogP contribution in [-0.4, -0.2) is 40.8 Å². The topological polar surface area (TPSA) is 72.7 Å². The summed E-state index contributed by atoms with van der Waals surface area (Å²) in [4.78, 5) is 0. The highest BCUT2D eigenvalue weighted by Crippen LogP contribution is 2.12. The third-order valence-electron chi connectivity index (χ3n) is 1.81. The van der Waals surface area contributed by atoms with Crippen molar-refractivity contribution in [3.05, 3.63) is 0 Å². The molecule has 3 atom stereocenters. The monoisotopic (exact) mass is 147 g/mol. The van der Waals surface area contributed by atoms with Crippen LogP contribution in [0.3, 0.4) is 0 Å². The standard InChI is InChI=1S/C6H13NO3/c8-3-4-1-5(9)6(10)7-2-4/h4-10H,1-3H2. The maximum atomic E-state index is 9.06. The van der Waals surface area contributed by atoms with Crippen molar-refractivity contribution >= 4 is 0 Å². The molecule has 0 aliphatic carbocycles. The van der Waals surface area contributed by atoms with Gasteiger partial charge in [-0.25, -0.2) is 0 Å². The second-order valence-electron chi connectivity index (χ2n) is 2.70. The first-order valence-corrected chi connectivity index (χ1v) is 3.44. The van der Waals surface area contributed by atoms with Crippen LogP contribution in [0.2, 0.25) is 0 Å². The number of aliphatic hydroxyl groups is 3. The van der Waals surface area contributed by atoms with Crippen LogP contribution in [0.15, 0.2) is 0 Å². The molecule has 0 saturated carbocycles. The average Bonchev–Trinajstić information content (AvgIpc) is 1.95. The van der Waals surface area contributed by atoms with Crippen molar-refractivity contribution in [3.8, 4) is 0 Å². The van der Waals surface area contributed by atoms with E-state index in [1.807, 2.05) is 0 Å². The van der Waals surface area contributed by atoms with Crippen LogP contribution < -0.4 is 5.32 Å². The smallest absolute Gasteiger partial charge is 0.131 e. The van der Waals surface area contributed by atoms with Crippen LogP contribution in [0.1, 0.15) is 6.42 Å². The third-order valence-corrected chi connectivity index (χ3v) is 1.81. The highest BCUT2D eigenvalue weighted by molar-refractivity contribution is 4.77. The zero-order chi connectivity index (χ0) is 7.56. The van der Waals surface area contributed by atoms with Gasteiger partial charge in [0.05, 0.1) is 6.10 Å². The summed E-state index contributed by atoms with van der Waals surface area (Å²) in [5.41, 5.74) is 0. The van der Waals surface area contributed by atoms with Crippen molar-refractivity contribution in [3.63, 3.8) is 0 Å². The molecule has 4 heteroatoms. The van der Waals surface area contributed by atoms with E-state index in [1.165, 1.54) is 0 Å². The summed E-state index contributed by atoms with van der Waals surface area (Å²) in [6.07, 6.45) is -1.07. The molecule has 0 aromatic rings. The van der Waals surface area contributed by atoms with Gasteiger partial charge in [-0.1, -0.05) is 0 Å². The Hall–Kier alpha value is -0.160. The number of hydrogen-bond acceptors (Lipinski definition) is 4. The minimum Gasteiger partial charge on any atom is -0.396 e. The first kappa shape index (κ1) is 7.94. The molecule has 4 nitrogen and oxygen atoms in total. The molecule has 0 spiro atoms. The van der Waals surface area contributed by atoms with Gasteiger partial charge in [-0.2, -0.15) is 0 Å². The molecule has 10 heavy (non-hydrogen) atoms. The van der Waals surface area contributed by atoms with Gasteiger partial charge < -0.3 is 15.3 Å². The molecule has 1 saturated heterocycles. The van der Waals surface area contributed by atoms with Gasteiger partial charge in [0, 0.05) is 13.2 Å². The molecule has 0 bridgehead atoms. The zero-order valence-electron chi connectivity index (χ0n) is 5.70. The SMILES string of the molecule is OCC1CNC(O)C(O)C1. The van der Waals surface area contributed by atoms with E-state index in [-0.39, 0.29) is 12.5 Å². The van der Waals surface area contributed by atoms with E-state index < -0.39 is 12.3 Å². The van der Waals surface area contributed by atoms with Gasteiger partial charge in [-0.05, 0) is 12.3 Å². The average molecular weight is 147 g/mol. The van der Waals surface area contributed by atoms with Crippen LogP contribution in [0.25, 0.3) is 0 Å². The predicted molar refractivity (Wildman–Crippen MR) is 35.2 cm³/mol. The van der Waals surface area contributed by atoms with Gasteiger partial charge in [-0.3, -0.25) is 5.32 Å². The van der Waals surface area contributed by atoms with Crippen molar-refractivity contribution in [2.45, 2.75) is 18.8 Å². The number of nitrogens with one attached hydrogen (secondary N) is 1. The first-order valence-electron chi connectivity index (χ1n) is 3.44. The molecule has 0 aromatic heterocycles. The lowest BCUT2D eigenvalue weighted by Gasteiger charge is -2.29. The summed E-state index contributed by atoms with van der Waals surface area (Å²) >= 11 is 0. The first-order chi connectivity index (χ1) is 4.74. The van der Waals surface area contributed by atoms with Gasteiger partial charge in [0.15, 0.2) is 0 Å². The third kappa shape index (κ3) is 1.67. The fraction of sp³-hybridized carbons (Fsp3) is 1.00. The molecule has 1 aliphatic rings. The lowest BCUT2D eigenvalue weighted by Crippen LogP contribution is -2.49. The molecule has 1 rings (SSSR count). The summed E-state index contributed by atoms with van der Waals surface area (Å²) in [6, 6.07) is 0. The molecule has 3 unspecified atom stereocenters. The molecule has 0 aromatic carbocycles. The van der Waals surface area contributed by atoms with Crippen molar-refractivity contribution in [1.29, 1.82) is 0 Å². The fourth-order valence-electron chi connectivity index (χ4n) is 1.12. The number of hydrogen-bond donors (Lipinski definition) is 4. The minimum atomic E-state index is -0.817. The highest BCUT2D eigenvalue weighted by atomic mass is 16.3. The van der Waals surface area contributed by atoms with E-state index in [9.17, 15) is 0 Å². The Morgan fingerprint density at radius 2 is 2.10 bits per heavy atom. The Labute approximate surface area is 59.5 Å². The molecule has 60 valence electrons. The van der Waals surface area contributed by atoms with E-state index in [4.69, 9.17) is 15.3 Å². The van der Waals surface area contributed by atoms with E-state index in [2.05, 4.69) is 5.32 Å². The van der Waals surface area contributed by atoms with E-state index in [0.29, 0.717) is 13.0 Å². The Morgan fingerprint density at radius 3 is 2.60 bits per heavy atom. The molecule has 1 heterocycles. The quantitative estimate of drug-likeness (QED) is 0.355. The van der Waals surface area contributed by atoms with Crippen LogP contribution in [0, 0.1) is 5.92 Å². The van der Waals surface area contributed by atoms with Crippen LogP contribution in [-0.2, 0) is 0 Å². The second-order valence-corrected chi connectivity index (χ2v) is 2.70. The Balaban J connectivity index is 2.33. The van der Waals surface area contributed by atoms with Crippen molar-refractivity contribution in [2.75, 3.05) is 13.2 Å². The Bertz CT molecular complexity index is 109. The normalized spacial score (nSPS) is 41.7. The van der Waals surface area contributed by atoms with Crippen molar-refractivity contribution < 1.29 is 15.3 Å². The Morgan fingerprint density at radius 1 is 1.40 bits per heavy atom. The van der Waals surface area contributed by atoms with Crippen LogP contribution in [0.5, 0.6) is 0 Å². The van der Waals surface area contributed by atoms with Gasteiger partial charge in [0.2, 0.25) is 0 Å². The van der Waals surface area contributed by atoms with Crippen LogP contribution >= 0.6 is 0 Å². The van der Waals surface area contributed by atoms with E-state index in [0.717, 1.165) is 0 Å². The molecule has 1 fully saturated rings. The zero-order valence-corrected chi connectivity index (χ0v) is 5.70. The lowest BCUT2D eigenvalue weighted by atomic mass is 9.97. The summed E-state index contributed by atoms with van der Waals surface area (Å²) in [7, 11) is 0. The minimum absolute atomic E-state index is 0.0663. The predicted octanol–water partition coefficient (Wildman–Crippen LogP) is -1.73. The second kappa shape index (κ2) is 3.30. The van der Waals surface area contributed by atoms with E-state index in [1.54, 1.807) is 0 Å². The highest BCUT2D eigenvalue weighted by Gasteiger charge is 2.25. The summed E-state index contributed by atoms with van der Waals surface area (Å²) < 4.78 is 0. The largest absolute Gasteiger partial charge is 0.396 e. The number of aliphatic hydroxyl groups excluding tert-OH is 3. The van der Waals surface area contributed by atoms with Crippen LogP contribution in [0.4, 0.5) is 0 Å². The summed E-state index contributed by atoms with van der Waals surface area (Å²) in [6.45, 7) is 0.644. The summed E-state index contributed by atoms with van der Waals surface area (Å²) in [5, 5.41) is 29.3. The molecule has 4 N–H and O–H groups in total. The van der Waals surface area contributed by atoms with Gasteiger partial charge in [-0.15, -0.1) is 0 Å². The molecule has 0 radical (unpaired) electrons. The van der Waals surface area contributed by atoms with Gasteiger partial charge in [0.25, 0.3) is 0 Å². The van der Waals surface area contributed by atoms with Gasteiger partial charge >= 0.3 is 0 Å². The maximum Gasteiger partial charge on any atom is 0.131 e. The lowest BCUT2D eigenvalue weighted by molar-refractivity contribution is -0.0449. The van der Waals surface area contributed by atoms with Crippen molar-refractivity contribution in [1.82, 2.24) is 5.32 Å². The fourth-order valence-corrected chi connectivity index (χ4v) is 1.12. The maximum absolute atomic E-state index is 9.06. The van der Waals surface area contributed by atoms with E-state index >= 15 is 0 Å². The van der Waals surface area contributed by atoms with Gasteiger partial charge in [0.1, 0.15) is 6.23 Å². The van der Waals surface area contributed by atoms with Crippen molar-refractivity contribution in [2.24, 2.45) is 5.92 Å². The molecule has 0 amide bonds. The number of rotatable bonds is 1.